The van der Waals surface area contributed by atoms with E-state index in [2.05, 4.69) is 92.0 Å². The molecule has 3 nitrogen and oxygen atoms in total. The molecule has 0 radical (unpaired) electrons. The van der Waals surface area contributed by atoms with E-state index in [0.29, 0.717) is 17.7 Å². The van der Waals surface area contributed by atoms with Gasteiger partial charge in [0.15, 0.2) is 11.6 Å². The van der Waals surface area contributed by atoms with Crippen molar-refractivity contribution < 1.29 is 14.3 Å². The Kier molecular flexibility index (Phi) is 6.40. The summed E-state index contributed by atoms with van der Waals surface area (Å²) in [6.07, 6.45) is 1.68. The van der Waals surface area contributed by atoms with Crippen molar-refractivity contribution in [3.8, 4) is 5.75 Å². The van der Waals surface area contributed by atoms with Crippen LogP contribution in [0.3, 0.4) is 0 Å². The number of hydrogen-bond acceptors (Lipinski definition) is 3. The highest BCUT2D eigenvalue weighted by Crippen LogP contribution is 2.32. The third kappa shape index (κ3) is 4.43. The van der Waals surface area contributed by atoms with E-state index in [-0.39, 0.29) is 17.1 Å². The summed E-state index contributed by atoms with van der Waals surface area (Å²) in [6, 6.07) is 19.0. The number of benzene rings is 3. The number of carbonyl (C=O) groups excluding carboxylic acids is 2. The Bertz CT molecular complexity index is 1100. The lowest BCUT2D eigenvalue weighted by Gasteiger charge is -2.12. The number of Topliss-reactive ketones (excluding diaryl/α,β-unsaturated/α-hetero) is 2. The molecule has 3 aromatic rings. The van der Waals surface area contributed by atoms with Gasteiger partial charge in [-0.15, -0.1) is 0 Å². The van der Waals surface area contributed by atoms with Crippen LogP contribution in [0.4, 0.5) is 0 Å². The van der Waals surface area contributed by atoms with Gasteiger partial charge in [0.25, 0.3) is 0 Å². The summed E-state index contributed by atoms with van der Waals surface area (Å²) in [4.78, 5) is 25.2. The lowest BCUT2D eigenvalue weighted by molar-refractivity contribution is 0.0990. The van der Waals surface area contributed by atoms with E-state index >= 15 is 0 Å². The second kappa shape index (κ2) is 8.84. The summed E-state index contributed by atoms with van der Waals surface area (Å²) >= 11 is 6.73. The van der Waals surface area contributed by atoms with Gasteiger partial charge >= 0.3 is 0 Å². The lowest BCUT2D eigenvalue weighted by Crippen LogP contribution is -2.02. The molecule has 0 saturated carbocycles. The van der Waals surface area contributed by atoms with E-state index in [1.54, 1.807) is 30.3 Å². The SMILES string of the molecule is O=C1C(=Cc2cc(I)c(OCc3ccc(I)cc3)c(I)c2)C(=O)c2ccccc21. The Morgan fingerprint density at radius 1 is 0.793 bits per heavy atom. The van der Waals surface area contributed by atoms with Crippen molar-refractivity contribution >= 4 is 85.4 Å². The quantitative estimate of drug-likeness (QED) is 0.175. The molecule has 0 fully saturated rings. The summed E-state index contributed by atoms with van der Waals surface area (Å²) in [6.45, 7) is 0.482. The number of allylic oxidation sites excluding steroid dienone is 1. The summed E-state index contributed by atoms with van der Waals surface area (Å²) in [5.41, 5.74) is 3.08. The Labute approximate surface area is 209 Å². The van der Waals surface area contributed by atoms with Crippen LogP contribution >= 0.6 is 67.8 Å². The first kappa shape index (κ1) is 21.0. The van der Waals surface area contributed by atoms with E-state index in [1.807, 2.05) is 12.1 Å². The van der Waals surface area contributed by atoms with Gasteiger partial charge in [-0.25, -0.2) is 0 Å². The summed E-state index contributed by atoms with van der Waals surface area (Å²) in [5, 5.41) is 0. The molecule has 0 spiro atoms. The van der Waals surface area contributed by atoms with Gasteiger partial charge in [0, 0.05) is 14.7 Å². The third-order valence-corrected chi connectivity index (χ3v) is 6.86. The maximum Gasteiger partial charge on any atom is 0.197 e. The molecule has 0 amide bonds. The number of fused-ring (bicyclic) bond motifs is 1. The van der Waals surface area contributed by atoms with E-state index in [1.165, 1.54) is 3.57 Å². The van der Waals surface area contributed by atoms with Crippen LogP contribution in [0.15, 0.2) is 66.2 Å². The van der Waals surface area contributed by atoms with Crippen molar-refractivity contribution in [2.75, 3.05) is 0 Å². The van der Waals surface area contributed by atoms with Crippen LogP contribution in [-0.2, 0) is 6.61 Å². The lowest BCUT2D eigenvalue weighted by atomic mass is 10.1. The molecule has 0 bridgehead atoms. The molecule has 4 rings (SSSR count). The van der Waals surface area contributed by atoms with Crippen molar-refractivity contribution in [1.82, 2.24) is 0 Å². The fourth-order valence-electron chi connectivity index (χ4n) is 3.11. The second-order valence-corrected chi connectivity index (χ2v) is 10.1. The number of hydrogen-bond donors (Lipinski definition) is 0. The van der Waals surface area contributed by atoms with Gasteiger partial charge in [-0.05, 0) is 109 Å². The molecule has 0 aromatic heterocycles. The van der Waals surface area contributed by atoms with Gasteiger partial charge in [0.1, 0.15) is 12.4 Å². The van der Waals surface area contributed by atoms with E-state index in [4.69, 9.17) is 4.74 Å². The predicted octanol–water partition coefficient (Wildman–Crippen LogP) is 6.54. The average Bonchev–Trinajstić information content (AvgIpc) is 2.94. The normalized spacial score (nSPS) is 12.9. The molecular weight excluding hydrogens is 705 g/mol. The van der Waals surface area contributed by atoms with Crippen LogP contribution in [0.25, 0.3) is 6.08 Å². The Morgan fingerprint density at radius 3 is 1.90 bits per heavy atom. The van der Waals surface area contributed by atoms with Crippen LogP contribution in [-0.4, -0.2) is 11.6 Å². The fourth-order valence-corrected chi connectivity index (χ4v) is 5.59. The van der Waals surface area contributed by atoms with Gasteiger partial charge < -0.3 is 4.74 Å². The zero-order valence-corrected chi connectivity index (χ0v) is 21.4. The first-order valence-corrected chi connectivity index (χ1v) is 11.9. The van der Waals surface area contributed by atoms with Crippen LogP contribution < -0.4 is 4.74 Å². The number of carbonyl (C=O) groups is 2. The molecule has 3 aromatic carbocycles. The molecule has 144 valence electrons. The molecule has 0 saturated heterocycles. The highest BCUT2D eigenvalue weighted by atomic mass is 127. The van der Waals surface area contributed by atoms with Gasteiger partial charge in [0.2, 0.25) is 0 Å². The molecule has 29 heavy (non-hydrogen) atoms. The Hall–Kier alpha value is -1.27. The minimum Gasteiger partial charge on any atom is -0.487 e. The highest BCUT2D eigenvalue weighted by Gasteiger charge is 2.32. The van der Waals surface area contributed by atoms with Crippen molar-refractivity contribution in [1.29, 1.82) is 0 Å². The number of ether oxygens (including phenoxy) is 1. The maximum atomic E-state index is 12.6. The Morgan fingerprint density at radius 2 is 1.34 bits per heavy atom. The van der Waals surface area contributed by atoms with Crippen molar-refractivity contribution in [2.45, 2.75) is 6.61 Å². The monoisotopic (exact) mass is 718 g/mol. The number of rotatable bonds is 4. The highest BCUT2D eigenvalue weighted by molar-refractivity contribution is 14.1. The van der Waals surface area contributed by atoms with Crippen molar-refractivity contribution in [2.24, 2.45) is 0 Å². The van der Waals surface area contributed by atoms with Gasteiger partial charge in [-0.2, -0.15) is 0 Å². The van der Waals surface area contributed by atoms with E-state index in [0.717, 1.165) is 24.0 Å². The summed E-state index contributed by atoms with van der Waals surface area (Å²) < 4.78 is 9.09. The molecule has 0 unspecified atom stereocenters. The second-order valence-electron chi connectivity index (χ2n) is 6.49. The number of halogens is 3. The summed E-state index contributed by atoms with van der Waals surface area (Å²) in [7, 11) is 0. The van der Waals surface area contributed by atoms with Crippen LogP contribution in [0.5, 0.6) is 5.75 Å². The zero-order chi connectivity index (χ0) is 20.5. The van der Waals surface area contributed by atoms with Gasteiger partial charge in [-0.3, -0.25) is 9.59 Å². The molecular formula is C23H13I3O3. The molecule has 0 atom stereocenters. The van der Waals surface area contributed by atoms with E-state index < -0.39 is 0 Å². The summed E-state index contributed by atoms with van der Waals surface area (Å²) in [5.74, 6) is 0.378. The molecule has 1 aliphatic carbocycles. The Balaban J connectivity index is 1.59. The molecule has 0 N–H and O–H groups in total. The topological polar surface area (TPSA) is 43.4 Å². The minimum atomic E-state index is -0.213. The largest absolute Gasteiger partial charge is 0.487 e. The fraction of sp³-hybridized carbons (Fsp3) is 0.0435. The van der Waals surface area contributed by atoms with Gasteiger partial charge in [0.05, 0.1) is 12.7 Å². The first-order chi connectivity index (χ1) is 13.9. The smallest absolute Gasteiger partial charge is 0.197 e. The van der Waals surface area contributed by atoms with Crippen molar-refractivity contribution in [3.63, 3.8) is 0 Å². The molecule has 0 heterocycles. The standard InChI is InChI=1S/C23H13I3O3/c24-15-7-5-13(6-8-15)12-29-23-19(25)10-14(11-20(23)26)9-18-21(27)16-3-1-2-4-17(16)22(18)28/h1-11H,12H2. The number of ketones is 2. The first-order valence-electron chi connectivity index (χ1n) is 8.70. The van der Waals surface area contributed by atoms with E-state index in [9.17, 15) is 9.59 Å². The van der Waals surface area contributed by atoms with Gasteiger partial charge in [-0.1, -0.05) is 36.4 Å². The minimum absolute atomic E-state index is 0.213. The van der Waals surface area contributed by atoms with Crippen LogP contribution in [0, 0.1) is 10.7 Å². The zero-order valence-electron chi connectivity index (χ0n) is 14.9. The van der Waals surface area contributed by atoms with Crippen molar-refractivity contribution in [3.05, 3.63) is 99.2 Å². The average molecular weight is 718 g/mol. The molecule has 0 aliphatic heterocycles. The third-order valence-electron chi connectivity index (χ3n) is 4.53. The van der Waals surface area contributed by atoms with Crippen LogP contribution in [0.2, 0.25) is 0 Å². The van der Waals surface area contributed by atoms with Crippen LogP contribution in [0.1, 0.15) is 31.8 Å². The molecule has 6 heteroatoms. The molecule has 1 aliphatic rings. The predicted molar refractivity (Wildman–Crippen MR) is 138 cm³/mol. The maximum absolute atomic E-state index is 12.6.